The highest BCUT2D eigenvalue weighted by Crippen LogP contribution is 2.19. The summed E-state index contributed by atoms with van der Waals surface area (Å²) in [7, 11) is 1.99. The van der Waals surface area contributed by atoms with Crippen LogP contribution in [0.4, 0.5) is 5.82 Å². The van der Waals surface area contributed by atoms with Crippen LogP contribution >= 0.6 is 0 Å². The summed E-state index contributed by atoms with van der Waals surface area (Å²) in [5, 5.41) is 3.78. The minimum atomic E-state index is 0.487. The Morgan fingerprint density at radius 1 is 1.19 bits per heavy atom. The normalized spacial score (nSPS) is 10.6. The lowest BCUT2D eigenvalue weighted by Gasteiger charge is -2.17. The summed E-state index contributed by atoms with van der Waals surface area (Å²) >= 11 is 0. The molecule has 0 fully saturated rings. The number of aryl methyl sites for hydroxylation is 1. The van der Waals surface area contributed by atoms with Crippen LogP contribution < -0.4 is 4.90 Å². The van der Waals surface area contributed by atoms with Gasteiger partial charge in [0.15, 0.2) is 5.82 Å². The zero-order valence-electron chi connectivity index (χ0n) is 11.9. The molecule has 21 heavy (non-hydrogen) atoms. The average Bonchev–Trinajstić information content (AvgIpc) is 2.95. The molecule has 0 saturated heterocycles. The summed E-state index contributed by atoms with van der Waals surface area (Å²) in [6.45, 7) is 2.54. The predicted molar refractivity (Wildman–Crippen MR) is 78.6 cm³/mol. The maximum atomic E-state index is 5.12. The Hall–Kier alpha value is -2.76. The zero-order chi connectivity index (χ0) is 14.7. The third kappa shape index (κ3) is 3.05. The lowest BCUT2D eigenvalue weighted by Crippen LogP contribution is -2.17. The third-order valence-electron chi connectivity index (χ3n) is 3.06. The smallest absolute Gasteiger partial charge is 0.259 e. The highest BCUT2D eigenvalue weighted by molar-refractivity contribution is 5.54. The van der Waals surface area contributed by atoms with E-state index < -0.39 is 0 Å². The number of anilines is 1. The van der Waals surface area contributed by atoms with Crippen LogP contribution in [0.3, 0.4) is 0 Å². The average molecular weight is 281 g/mol. The van der Waals surface area contributed by atoms with Crippen LogP contribution in [0.25, 0.3) is 11.5 Å². The van der Waals surface area contributed by atoms with Gasteiger partial charge in [0.2, 0.25) is 0 Å². The number of aromatic nitrogens is 4. The van der Waals surface area contributed by atoms with Gasteiger partial charge in [0.1, 0.15) is 5.82 Å². The number of nitrogens with zero attached hydrogens (tertiary/aromatic N) is 5. The van der Waals surface area contributed by atoms with E-state index in [4.69, 9.17) is 4.52 Å². The van der Waals surface area contributed by atoms with E-state index in [0.717, 1.165) is 23.5 Å². The van der Waals surface area contributed by atoms with Gasteiger partial charge >= 0.3 is 0 Å². The second-order valence-corrected chi connectivity index (χ2v) is 4.77. The molecule has 0 aromatic carbocycles. The monoisotopic (exact) mass is 281 g/mol. The highest BCUT2D eigenvalue weighted by Gasteiger charge is 2.08. The van der Waals surface area contributed by atoms with Gasteiger partial charge in [0, 0.05) is 32.2 Å². The van der Waals surface area contributed by atoms with Crippen molar-refractivity contribution in [2.45, 2.75) is 13.5 Å². The predicted octanol–water partition coefficient (Wildman–Crippen LogP) is 2.47. The van der Waals surface area contributed by atoms with Crippen LogP contribution in [-0.4, -0.2) is 27.2 Å². The molecule has 0 spiro atoms. The Morgan fingerprint density at radius 2 is 2.10 bits per heavy atom. The Morgan fingerprint density at radius 3 is 2.71 bits per heavy atom. The number of hydrogen-bond donors (Lipinski definition) is 0. The Bertz CT molecular complexity index is 708. The van der Waals surface area contributed by atoms with Crippen molar-refractivity contribution in [1.29, 1.82) is 0 Å². The van der Waals surface area contributed by atoms with Crippen molar-refractivity contribution >= 4 is 5.82 Å². The summed E-state index contributed by atoms with van der Waals surface area (Å²) in [5.74, 6) is 1.98. The van der Waals surface area contributed by atoms with Crippen molar-refractivity contribution in [3.63, 3.8) is 0 Å². The first-order chi connectivity index (χ1) is 10.2. The maximum Gasteiger partial charge on any atom is 0.259 e. The van der Waals surface area contributed by atoms with Gasteiger partial charge in [-0.05, 0) is 30.7 Å². The van der Waals surface area contributed by atoms with Gasteiger partial charge in [-0.2, -0.15) is 4.98 Å². The molecule has 3 aromatic rings. The Balaban J connectivity index is 1.74. The van der Waals surface area contributed by atoms with E-state index in [1.165, 1.54) is 0 Å². The largest absolute Gasteiger partial charge is 0.355 e. The van der Waals surface area contributed by atoms with E-state index in [2.05, 4.69) is 25.0 Å². The van der Waals surface area contributed by atoms with Crippen LogP contribution in [0.5, 0.6) is 0 Å². The topological polar surface area (TPSA) is 67.9 Å². The van der Waals surface area contributed by atoms with E-state index in [-0.39, 0.29) is 0 Å². The molecule has 0 aliphatic carbocycles. The molecule has 3 rings (SSSR count). The molecule has 3 aromatic heterocycles. The Kier molecular flexibility index (Phi) is 3.59. The van der Waals surface area contributed by atoms with Crippen molar-refractivity contribution in [3.05, 3.63) is 54.2 Å². The molecule has 6 heteroatoms. The van der Waals surface area contributed by atoms with E-state index in [1.807, 2.05) is 37.5 Å². The van der Waals surface area contributed by atoms with Crippen LogP contribution in [-0.2, 0) is 6.54 Å². The van der Waals surface area contributed by atoms with Gasteiger partial charge in [-0.25, -0.2) is 4.98 Å². The van der Waals surface area contributed by atoms with Crippen molar-refractivity contribution < 1.29 is 4.52 Å². The summed E-state index contributed by atoms with van der Waals surface area (Å²) in [6.07, 6.45) is 5.36. The summed E-state index contributed by atoms with van der Waals surface area (Å²) in [6, 6.07) is 7.83. The van der Waals surface area contributed by atoms with Crippen LogP contribution in [0.15, 0.2) is 47.4 Å². The van der Waals surface area contributed by atoms with Gasteiger partial charge in [-0.3, -0.25) is 4.98 Å². The van der Waals surface area contributed by atoms with E-state index in [9.17, 15) is 0 Å². The van der Waals surface area contributed by atoms with Crippen molar-refractivity contribution in [3.8, 4) is 11.5 Å². The fraction of sp³-hybridized carbons (Fsp3) is 0.200. The fourth-order valence-corrected chi connectivity index (χ4v) is 2.00. The standard InChI is InChI=1S/C15H15N5O/c1-11-18-15(21-19-11)13-5-6-14(17-9-13)20(2)10-12-4-3-7-16-8-12/h3-9H,10H2,1-2H3. The zero-order valence-corrected chi connectivity index (χ0v) is 11.9. The molecule has 0 radical (unpaired) electrons. The maximum absolute atomic E-state index is 5.12. The summed E-state index contributed by atoms with van der Waals surface area (Å²) in [4.78, 5) is 14.8. The third-order valence-corrected chi connectivity index (χ3v) is 3.06. The molecule has 6 nitrogen and oxygen atoms in total. The molecule has 0 aliphatic heterocycles. The van der Waals surface area contributed by atoms with Crippen LogP contribution in [0.1, 0.15) is 11.4 Å². The highest BCUT2D eigenvalue weighted by atomic mass is 16.5. The minimum Gasteiger partial charge on any atom is -0.355 e. The molecule has 0 N–H and O–H groups in total. The fourth-order valence-electron chi connectivity index (χ4n) is 2.00. The van der Waals surface area contributed by atoms with Gasteiger partial charge in [-0.1, -0.05) is 11.2 Å². The number of rotatable bonds is 4. The van der Waals surface area contributed by atoms with Crippen molar-refractivity contribution in [1.82, 2.24) is 20.1 Å². The van der Waals surface area contributed by atoms with E-state index >= 15 is 0 Å². The Labute approximate surface area is 122 Å². The second kappa shape index (κ2) is 5.70. The van der Waals surface area contributed by atoms with Crippen molar-refractivity contribution in [2.24, 2.45) is 0 Å². The molecular formula is C15H15N5O. The first-order valence-corrected chi connectivity index (χ1v) is 6.59. The van der Waals surface area contributed by atoms with E-state index in [0.29, 0.717) is 11.7 Å². The first kappa shape index (κ1) is 13.2. The van der Waals surface area contributed by atoms with Gasteiger partial charge in [0.05, 0.1) is 5.56 Å². The SMILES string of the molecule is Cc1noc(-c2ccc(N(C)Cc3cccnc3)nc2)n1. The van der Waals surface area contributed by atoms with Gasteiger partial charge < -0.3 is 9.42 Å². The molecule has 0 bridgehead atoms. The number of hydrogen-bond acceptors (Lipinski definition) is 6. The molecule has 0 aliphatic rings. The van der Waals surface area contributed by atoms with Gasteiger partial charge in [-0.15, -0.1) is 0 Å². The molecule has 106 valence electrons. The molecule has 0 atom stereocenters. The van der Waals surface area contributed by atoms with Crippen LogP contribution in [0.2, 0.25) is 0 Å². The quantitative estimate of drug-likeness (QED) is 0.731. The molecule has 0 amide bonds. The molecule has 0 saturated carbocycles. The lowest BCUT2D eigenvalue weighted by atomic mass is 10.2. The summed E-state index contributed by atoms with van der Waals surface area (Å²) < 4.78 is 5.12. The van der Waals surface area contributed by atoms with Crippen LogP contribution in [0, 0.1) is 6.92 Å². The van der Waals surface area contributed by atoms with Crippen molar-refractivity contribution in [2.75, 3.05) is 11.9 Å². The summed E-state index contributed by atoms with van der Waals surface area (Å²) in [5.41, 5.74) is 1.95. The number of pyridine rings is 2. The molecule has 0 unspecified atom stereocenters. The molecule has 3 heterocycles. The molecular weight excluding hydrogens is 266 g/mol. The first-order valence-electron chi connectivity index (χ1n) is 6.59. The lowest BCUT2D eigenvalue weighted by molar-refractivity contribution is 0.425. The second-order valence-electron chi connectivity index (χ2n) is 4.77. The van der Waals surface area contributed by atoms with Gasteiger partial charge in [0.25, 0.3) is 5.89 Å². The van der Waals surface area contributed by atoms with E-state index in [1.54, 1.807) is 19.3 Å². The minimum absolute atomic E-state index is 0.487.